The van der Waals surface area contributed by atoms with Crippen LogP contribution in [0.4, 0.5) is 0 Å². The quantitative estimate of drug-likeness (QED) is 0.712. The standard InChI is InChI=1S/C14H16O2/c1-10(15)13-8-7-12(9-14(13)16)11-5-3-2-4-6-11/h2-6,12-13H,7-9H2,1H3. The molecule has 2 nitrogen and oxygen atoms in total. The predicted octanol–water partition coefficient (Wildman–Crippen LogP) is 2.73. The number of hydrogen-bond donors (Lipinski definition) is 0. The van der Waals surface area contributed by atoms with Crippen molar-refractivity contribution < 1.29 is 9.59 Å². The van der Waals surface area contributed by atoms with Gasteiger partial charge in [0.15, 0.2) is 0 Å². The lowest BCUT2D eigenvalue weighted by molar-refractivity contribution is -0.133. The topological polar surface area (TPSA) is 34.1 Å². The normalized spacial score (nSPS) is 25.4. The molecule has 1 aliphatic rings. The van der Waals surface area contributed by atoms with Crippen molar-refractivity contribution in [1.29, 1.82) is 0 Å². The van der Waals surface area contributed by atoms with Gasteiger partial charge in [-0.3, -0.25) is 9.59 Å². The number of Topliss-reactive ketones (excluding diaryl/α,β-unsaturated/α-hetero) is 2. The van der Waals surface area contributed by atoms with Gasteiger partial charge < -0.3 is 0 Å². The third-order valence-electron chi connectivity index (χ3n) is 3.40. The summed E-state index contributed by atoms with van der Waals surface area (Å²) in [4.78, 5) is 23.0. The molecule has 0 spiro atoms. The largest absolute Gasteiger partial charge is 0.299 e. The van der Waals surface area contributed by atoms with Crippen LogP contribution in [0.2, 0.25) is 0 Å². The summed E-state index contributed by atoms with van der Waals surface area (Å²) in [6.07, 6.45) is 2.18. The van der Waals surface area contributed by atoms with E-state index >= 15 is 0 Å². The first-order valence-corrected chi connectivity index (χ1v) is 5.76. The van der Waals surface area contributed by atoms with Gasteiger partial charge in [-0.15, -0.1) is 0 Å². The van der Waals surface area contributed by atoms with Gasteiger partial charge in [-0.05, 0) is 31.2 Å². The first-order valence-electron chi connectivity index (χ1n) is 5.76. The third kappa shape index (κ3) is 2.21. The Morgan fingerprint density at radius 2 is 1.88 bits per heavy atom. The molecule has 2 heteroatoms. The Bertz CT molecular complexity index is 394. The molecule has 1 aliphatic carbocycles. The fraction of sp³-hybridized carbons (Fsp3) is 0.429. The molecule has 1 fully saturated rings. The minimum Gasteiger partial charge on any atom is -0.299 e. The molecule has 0 aliphatic heterocycles. The molecule has 2 unspecified atom stereocenters. The first kappa shape index (κ1) is 11.1. The molecule has 0 heterocycles. The van der Waals surface area contributed by atoms with Crippen molar-refractivity contribution >= 4 is 11.6 Å². The Morgan fingerprint density at radius 1 is 1.19 bits per heavy atom. The van der Waals surface area contributed by atoms with Crippen LogP contribution < -0.4 is 0 Å². The molecule has 0 bridgehead atoms. The molecular weight excluding hydrogens is 200 g/mol. The highest BCUT2D eigenvalue weighted by atomic mass is 16.1. The average Bonchev–Trinajstić information content (AvgIpc) is 2.29. The number of ketones is 2. The second kappa shape index (κ2) is 4.60. The van der Waals surface area contributed by atoms with Crippen molar-refractivity contribution in [2.75, 3.05) is 0 Å². The lowest BCUT2D eigenvalue weighted by atomic mass is 9.76. The summed E-state index contributed by atoms with van der Waals surface area (Å²) in [7, 11) is 0. The van der Waals surface area contributed by atoms with Crippen molar-refractivity contribution in [3.63, 3.8) is 0 Å². The van der Waals surface area contributed by atoms with Crippen LogP contribution in [0.3, 0.4) is 0 Å². The van der Waals surface area contributed by atoms with E-state index in [4.69, 9.17) is 0 Å². The third-order valence-corrected chi connectivity index (χ3v) is 3.40. The van der Waals surface area contributed by atoms with Gasteiger partial charge in [-0.25, -0.2) is 0 Å². The molecule has 2 atom stereocenters. The van der Waals surface area contributed by atoms with Gasteiger partial charge in [0.1, 0.15) is 11.6 Å². The van der Waals surface area contributed by atoms with Gasteiger partial charge in [0.2, 0.25) is 0 Å². The lowest BCUT2D eigenvalue weighted by Crippen LogP contribution is -2.28. The van der Waals surface area contributed by atoms with Gasteiger partial charge in [-0.1, -0.05) is 30.3 Å². The van der Waals surface area contributed by atoms with Crippen molar-refractivity contribution in [1.82, 2.24) is 0 Å². The molecule has 1 saturated carbocycles. The first-order chi connectivity index (χ1) is 7.68. The fourth-order valence-electron chi connectivity index (χ4n) is 2.46. The Labute approximate surface area is 95.7 Å². The summed E-state index contributed by atoms with van der Waals surface area (Å²) < 4.78 is 0. The van der Waals surface area contributed by atoms with Crippen LogP contribution in [-0.2, 0) is 9.59 Å². The molecule has 0 amide bonds. The van der Waals surface area contributed by atoms with Crippen LogP contribution in [0.15, 0.2) is 30.3 Å². The van der Waals surface area contributed by atoms with E-state index in [1.165, 1.54) is 12.5 Å². The number of carbonyl (C=O) groups is 2. The Kier molecular flexibility index (Phi) is 3.18. The van der Waals surface area contributed by atoms with Gasteiger partial charge in [-0.2, -0.15) is 0 Å². The van der Waals surface area contributed by atoms with Crippen LogP contribution in [0.5, 0.6) is 0 Å². The second-order valence-corrected chi connectivity index (χ2v) is 4.52. The van der Waals surface area contributed by atoms with Crippen LogP contribution in [0.25, 0.3) is 0 Å². The van der Waals surface area contributed by atoms with E-state index in [0.717, 1.165) is 6.42 Å². The zero-order valence-electron chi connectivity index (χ0n) is 9.48. The van der Waals surface area contributed by atoms with Crippen LogP contribution >= 0.6 is 0 Å². The molecule has 0 N–H and O–H groups in total. The van der Waals surface area contributed by atoms with Gasteiger partial charge in [0.05, 0.1) is 5.92 Å². The molecule has 16 heavy (non-hydrogen) atoms. The Hall–Kier alpha value is -1.44. The van der Waals surface area contributed by atoms with Crippen molar-refractivity contribution in [2.45, 2.75) is 32.1 Å². The lowest BCUT2D eigenvalue weighted by Gasteiger charge is -2.26. The van der Waals surface area contributed by atoms with E-state index < -0.39 is 0 Å². The number of rotatable bonds is 2. The zero-order valence-corrected chi connectivity index (χ0v) is 9.48. The molecule has 84 valence electrons. The molecule has 0 saturated heterocycles. The second-order valence-electron chi connectivity index (χ2n) is 4.52. The molecular formula is C14H16O2. The maximum absolute atomic E-state index is 11.8. The smallest absolute Gasteiger partial charge is 0.143 e. The van der Waals surface area contributed by atoms with Crippen molar-refractivity contribution in [3.8, 4) is 0 Å². The van der Waals surface area contributed by atoms with E-state index in [1.54, 1.807) is 0 Å². The molecule has 2 rings (SSSR count). The summed E-state index contributed by atoms with van der Waals surface area (Å²) in [5.41, 5.74) is 1.22. The van der Waals surface area contributed by atoms with Crippen LogP contribution in [0, 0.1) is 5.92 Å². The van der Waals surface area contributed by atoms with E-state index in [1.807, 2.05) is 18.2 Å². The average molecular weight is 216 g/mol. The summed E-state index contributed by atoms with van der Waals surface area (Å²) in [6, 6.07) is 10.1. The maximum Gasteiger partial charge on any atom is 0.143 e. The molecule has 1 aromatic rings. The summed E-state index contributed by atoms with van der Waals surface area (Å²) in [6.45, 7) is 1.52. The SMILES string of the molecule is CC(=O)C1CCC(c2ccccc2)CC1=O. The summed E-state index contributed by atoms with van der Waals surface area (Å²) in [5.74, 6) is 0.119. The zero-order chi connectivity index (χ0) is 11.5. The molecule has 0 aromatic heterocycles. The van der Waals surface area contributed by atoms with Gasteiger partial charge >= 0.3 is 0 Å². The number of hydrogen-bond acceptors (Lipinski definition) is 2. The highest BCUT2D eigenvalue weighted by molar-refractivity contribution is 6.02. The van der Waals surface area contributed by atoms with E-state index in [-0.39, 0.29) is 17.5 Å². The van der Waals surface area contributed by atoms with Crippen LogP contribution in [-0.4, -0.2) is 11.6 Å². The number of benzene rings is 1. The summed E-state index contributed by atoms with van der Waals surface area (Å²) in [5, 5.41) is 0. The molecule has 1 aromatic carbocycles. The van der Waals surface area contributed by atoms with Crippen LogP contribution in [0.1, 0.15) is 37.7 Å². The van der Waals surface area contributed by atoms with E-state index in [2.05, 4.69) is 12.1 Å². The van der Waals surface area contributed by atoms with Gasteiger partial charge in [0.25, 0.3) is 0 Å². The predicted molar refractivity (Wildman–Crippen MR) is 62.2 cm³/mol. The monoisotopic (exact) mass is 216 g/mol. The minimum absolute atomic E-state index is 0.0245. The number of carbonyl (C=O) groups excluding carboxylic acids is 2. The van der Waals surface area contributed by atoms with E-state index in [0.29, 0.717) is 18.8 Å². The highest BCUT2D eigenvalue weighted by Gasteiger charge is 2.31. The highest BCUT2D eigenvalue weighted by Crippen LogP contribution is 2.33. The maximum atomic E-state index is 11.8. The Morgan fingerprint density at radius 3 is 2.44 bits per heavy atom. The van der Waals surface area contributed by atoms with Crippen molar-refractivity contribution in [2.24, 2.45) is 5.92 Å². The fourth-order valence-corrected chi connectivity index (χ4v) is 2.46. The molecule has 0 radical (unpaired) electrons. The van der Waals surface area contributed by atoms with Crippen molar-refractivity contribution in [3.05, 3.63) is 35.9 Å². The Balaban J connectivity index is 2.08. The minimum atomic E-state index is -0.333. The summed E-state index contributed by atoms with van der Waals surface area (Å²) >= 11 is 0. The van der Waals surface area contributed by atoms with E-state index in [9.17, 15) is 9.59 Å². The van der Waals surface area contributed by atoms with Gasteiger partial charge in [0, 0.05) is 6.42 Å².